The molecule has 26 heavy (non-hydrogen) atoms. The summed E-state index contributed by atoms with van der Waals surface area (Å²) in [5.41, 5.74) is 0. The molecule has 0 fully saturated rings. The molecule has 0 unspecified atom stereocenters. The maximum absolute atomic E-state index is 10.4. The van der Waals surface area contributed by atoms with Crippen molar-refractivity contribution in [2.24, 2.45) is 0 Å². The van der Waals surface area contributed by atoms with E-state index in [4.69, 9.17) is 57.4 Å². The fourth-order valence-electron chi connectivity index (χ4n) is 0.344. The highest BCUT2D eigenvalue weighted by molar-refractivity contribution is 7.46. The Morgan fingerprint density at radius 1 is 0.731 bits per heavy atom. The van der Waals surface area contributed by atoms with Gasteiger partial charge in [-0.3, -0.25) is 39.1 Å². The molecule has 9 N–H and O–H groups in total. The van der Waals surface area contributed by atoms with Gasteiger partial charge in [0.2, 0.25) is 0 Å². The first-order valence-corrected chi connectivity index (χ1v) is 10.9. The van der Waals surface area contributed by atoms with Gasteiger partial charge in [0, 0.05) is 12.4 Å². The molecule has 22 heteroatoms. The highest BCUT2D eigenvalue weighted by atomic mass is 31.2. The van der Waals surface area contributed by atoms with Crippen molar-refractivity contribution < 1.29 is 74.2 Å². The number of hydrogen-bond acceptors (Lipinski definition) is 5. The van der Waals surface area contributed by atoms with Gasteiger partial charge < -0.3 is 4.98 Å². The lowest BCUT2D eigenvalue weighted by molar-refractivity contribution is 0.320. The lowest BCUT2D eigenvalue weighted by Gasteiger charge is -1.78. The van der Waals surface area contributed by atoms with Crippen LogP contribution in [0.3, 0.4) is 0 Å². The van der Waals surface area contributed by atoms with Crippen LogP contribution in [-0.4, -0.2) is 49.1 Å². The zero-order valence-corrected chi connectivity index (χ0v) is 15.7. The molecule has 0 radical (unpaired) electrons. The first kappa shape index (κ1) is 33.1. The monoisotopic (exact) mass is 482 g/mol. The number of halogens is 4. The molecule has 0 spiro atoms. The maximum Gasteiger partial charge on any atom is 0.507 e. The molecular weight excluding hydrogens is 468 g/mol. The highest BCUT2D eigenvalue weighted by Crippen LogP contribution is 2.36. The van der Waals surface area contributed by atoms with E-state index in [1.165, 1.54) is 0 Å². The van der Waals surface area contributed by atoms with Crippen LogP contribution in [0, 0.1) is 6.92 Å². The molecule has 0 saturated carbocycles. The van der Waals surface area contributed by atoms with Crippen molar-refractivity contribution >= 4 is 31.6 Å². The molecule has 0 aliphatic rings. The SMILES string of the molecule is Cc1ncc[nH]1.O=P(O)(O)F.O=P(O)(O)F.O=P(O)(O)F.O=P(O)(O)F. The van der Waals surface area contributed by atoms with Gasteiger partial charge in [-0.05, 0) is 6.92 Å². The first-order chi connectivity index (χ1) is 10.9. The van der Waals surface area contributed by atoms with Crippen LogP contribution >= 0.6 is 31.6 Å². The summed E-state index contributed by atoms with van der Waals surface area (Å²) >= 11 is 0. The lowest BCUT2D eigenvalue weighted by Crippen LogP contribution is -1.66. The lowest BCUT2D eigenvalue weighted by atomic mass is 10.8. The van der Waals surface area contributed by atoms with Crippen LogP contribution in [0.2, 0.25) is 0 Å². The second-order valence-corrected chi connectivity index (χ2v) is 6.85. The van der Waals surface area contributed by atoms with Crippen LogP contribution < -0.4 is 0 Å². The third-order valence-corrected chi connectivity index (χ3v) is 0.635. The van der Waals surface area contributed by atoms with Crippen LogP contribution in [0.15, 0.2) is 12.4 Å². The molecule has 0 saturated heterocycles. The minimum atomic E-state index is -5.14. The molecule has 0 amide bonds. The first-order valence-electron chi connectivity index (χ1n) is 4.86. The van der Waals surface area contributed by atoms with Crippen molar-refractivity contribution in [1.82, 2.24) is 9.97 Å². The predicted octanol–water partition coefficient (Wildman–Crippen LogP) is 0.913. The van der Waals surface area contributed by atoms with E-state index in [0.717, 1.165) is 5.82 Å². The van der Waals surface area contributed by atoms with Gasteiger partial charge in [0.15, 0.2) is 0 Å². The van der Waals surface area contributed by atoms with E-state index in [1.807, 2.05) is 6.92 Å². The van der Waals surface area contributed by atoms with Gasteiger partial charge in [-0.1, -0.05) is 0 Å². The van der Waals surface area contributed by atoms with E-state index in [-0.39, 0.29) is 0 Å². The predicted molar refractivity (Wildman–Crippen MR) is 75.9 cm³/mol. The number of aryl methyl sites for hydroxylation is 1. The van der Waals surface area contributed by atoms with Gasteiger partial charge in [0.1, 0.15) is 5.82 Å². The minimum Gasteiger partial charge on any atom is -0.349 e. The number of H-pyrrole nitrogens is 1. The Bertz CT molecular complexity index is 519. The van der Waals surface area contributed by atoms with Gasteiger partial charge in [0.25, 0.3) is 0 Å². The maximum atomic E-state index is 10.4. The van der Waals surface area contributed by atoms with Crippen molar-refractivity contribution in [3.8, 4) is 0 Å². The van der Waals surface area contributed by atoms with E-state index in [2.05, 4.69) is 9.97 Å². The fraction of sp³-hybridized carbons (Fsp3) is 0.250. The van der Waals surface area contributed by atoms with E-state index >= 15 is 0 Å². The normalized spacial score (nSPS) is 11.1. The number of rotatable bonds is 0. The molecule has 0 bridgehead atoms. The molecule has 1 rings (SSSR count). The third-order valence-electron chi connectivity index (χ3n) is 0.635. The van der Waals surface area contributed by atoms with Gasteiger partial charge >= 0.3 is 31.6 Å². The minimum absolute atomic E-state index is 0.968. The number of hydrogen-bond donors (Lipinski definition) is 9. The summed E-state index contributed by atoms with van der Waals surface area (Å²) in [6.45, 7) is 1.92. The van der Waals surface area contributed by atoms with Gasteiger partial charge in [-0.2, -0.15) is 0 Å². The molecule has 1 heterocycles. The number of nitrogens with zero attached hydrogens (tertiary/aromatic N) is 1. The van der Waals surface area contributed by atoms with Crippen molar-refractivity contribution in [1.29, 1.82) is 0 Å². The summed E-state index contributed by atoms with van der Waals surface area (Å²) in [6.07, 6.45) is 3.53. The Kier molecular flexibility index (Phi) is 18.6. The van der Waals surface area contributed by atoms with Gasteiger partial charge in [0.05, 0.1) is 0 Å². The van der Waals surface area contributed by atoms with Crippen LogP contribution in [-0.2, 0) is 18.3 Å². The standard InChI is InChI=1S/C4H6N2.4FH2O3P/c1-4-5-2-3-6-4;4*1-5(2,3)4/h2-3H,1H3,(H,5,6);4*(H2,2,3,4). The Labute approximate surface area is 142 Å². The molecule has 1 aromatic rings. The molecular formula is C4H14F4N2O12P4. The van der Waals surface area contributed by atoms with Crippen LogP contribution in [0.5, 0.6) is 0 Å². The fourth-order valence-corrected chi connectivity index (χ4v) is 0.344. The van der Waals surface area contributed by atoms with Gasteiger partial charge in [-0.25, -0.2) is 23.2 Å². The number of imidazole rings is 1. The van der Waals surface area contributed by atoms with E-state index < -0.39 is 31.6 Å². The quantitative estimate of drug-likeness (QED) is 0.184. The highest BCUT2D eigenvalue weighted by Gasteiger charge is 2.06. The Morgan fingerprint density at radius 2 is 0.923 bits per heavy atom. The topological polar surface area (TPSA) is 259 Å². The Balaban J connectivity index is -0.000000117. The number of nitrogens with one attached hydrogen (secondary N) is 1. The van der Waals surface area contributed by atoms with Gasteiger partial charge in [-0.15, -0.1) is 16.8 Å². The molecule has 0 aliphatic carbocycles. The summed E-state index contributed by atoms with van der Waals surface area (Å²) in [6, 6.07) is 0. The number of aromatic amines is 1. The molecule has 14 nitrogen and oxygen atoms in total. The van der Waals surface area contributed by atoms with Crippen LogP contribution in [0.4, 0.5) is 16.8 Å². The molecule has 160 valence electrons. The number of aromatic nitrogens is 2. The summed E-state index contributed by atoms with van der Waals surface area (Å²) in [4.78, 5) is 62.5. The smallest absolute Gasteiger partial charge is 0.349 e. The molecule has 0 aromatic carbocycles. The van der Waals surface area contributed by atoms with Crippen molar-refractivity contribution in [3.63, 3.8) is 0 Å². The summed E-state index contributed by atoms with van der Waals surface area (Å²) < 4.78 is 76.1. The Hall–Kier alpha value is -0.470. The molecule has 0 aliphatic heterocycles. The van der Waals surface area contributed by atoms with Crippen LogP contribution in [0.1, 0.15) is 5.82 Å². The van der Waals surface area contributed by atoms with E-state index in [0.29, 0.717) is 0 Å². The second-order valence-electron chi connectivity index (χ2n) is 3.07. The second kappa shape index (κ2) is 14.6. The Morgan fingerprint density at radius 3 is 0.962 bits per heavy atom. The largest absolute Gasteiger partial charge is 0.507 e. The average Bonchev–Trinajstić information content (AvgIpc) is 2.56. The molecule has 1 aromatic heterocycles. The third kappa shape index (κ3) is 280. The molecule has 0 atom stereocenters. The van der Waals surface area contributed by atoms with E-state index in [1.54, 1.807) is 12.4 Å². The van der Waals surface area contributed by atoms with Crippen LogP contribution in [0.25, 0.3) is 0 Å². The van der Waals surface area contributed by atoms with E-state index in [9.17, 15) is 16.8 Å². The summed E-state index contributed by atoms with van der Waals surface area (Å²) in [5, 5.41) is 0. The van der Waals surface area contributed by atoms with Crippen molar-refractivity contribution in [3.05, 3.63) is 18.2 Å². The van der Waals surface area contributed by atoms with Crippen molar-refractivity contribution in [2.75, 3.05) is 0 Å². The van der Waals surface area contributed by atoms with Crippen molar-refractivity contribution in [2.45, 2.75) is 6.92 Å². The average molecular weight is 482 g/mol. The zero-order chi connectivity index (χ0) is 22.4. The summed E-state index contributed by atoms with van der Waals surface area (Å²) in [5.74, 6) is 0.968. The zero-order valence-electron chi connectivity index (χ0n) is 12.1. The summed E-state index contributed by atoms with van der Waals surface area (Å²) in [7, 11) is -20.6.